The second-order valence-corrected chi connectivity index (χ2v) is 5.37. The van der Waals surface area contributed by atoms with Gasteiger partial charge in [0.25, 0.3) is 0 Å². The van der Waals surface area contributed by atoms with E-state index in [1.807, 2.05) is 20.8 Å². The molecule has 1 rings (SSSR count). The molecule has 0 saturated carbocycles. The van der Waals surface area contributed by atoms with Gasteiger partial charge in [-0.2, -0.15) is 13.2 Å². The molecule has 1 unspecified atom stereocenters. The molecule has 0 heterocycles. The average Bonchev–Trinajstić information content (AvgIpc) is 2.27. The number of hydrogen-bond acceptors (Lipinski definition) is 1. The van der Waals surface area contributed by atoms with Gasteiger partial charge in [0.1, 0.15) is 5.78 Å². The van der Waals surface area contributed by atoms with Crippen molar-refractivity contribution in [3.8, 4) is 0 Å². The number of carbonyl (C=O) groups excluding carboxylic acids is 1. The fraction of sp³-hybridized carbons (Fsp3) is 0.533. The normalized spacial score (nSPS) is 13.6. The van der Waals surface area contributed by atoms with E-state index in [9.17, 15) is 18.0 Å². The van der Waals surface area contributed by atoms with E-state index in [2.05, 4.69) is 0 Å². The van der Waals surface area contributed by atoms with Crippen LogP contribution < -0.4 is 0 Å². The van der Waals surface area contributed by atoms with Crippen LogP contribution in [0.5, 0.6) is 0 Å². The van der Waals surface area contributed by atoms with Gasteiger partial charge in [-0.05, 0) is 24.0 Å². The lowest BCUT2D eigenvalue weighted by atomic mass is 9.91. The highest BCUT2D eigenvalue weighted by molar-refractivity contribution is 5.83. The van der Waals surface area contributed by atoms with Crippen LogP contribution in [0, 0.1) is 11.8 Å². The van der Waals surface area contributed by atoms with Gasteiger partial charge in [-0.3, -0.25) is 4.79 Å². The first-order chi connectivity index (χ1) is 8.70. The average molecular weight is 272 g/mol. The summed E-state index contributed by atoms with van der Waals surface area (Å²) in [6, 6.07) is 4.99. The second kappa shape index (κ2) is 6.22. The van der Waals surface area contributed by atoms with E-state index < -0.39 is 11.7 Å². The molecular formula is C15H19F3O. The third-order valence-corrected chi connectivity index (χ3v) is 3.01. The number of carbonyl (C=O) groups is 1. The molecule has 0 aliphatic heterocycles. The number of halogens is 3. The lowest BCUT2D eigenvalue weighted by molar-refractivity contribution is -0.137. The van der Waals surface area contributed by atoms with Gasteiger partial charge in [0, 0.05) is 12.3 Å². The maximum atomic E-state index is 12.6. The first kappa shape index (κ1) is 15.7. The zero-order valence-electron chi connectivity index (χ0n) is 11.4. The Balaban J connectivity index is 2.75. The fourth-order valence-corrected chi connectivity index (χ4v) is 2.07. The van der Waals surface area contributed by atoms with Crippen molar-refractivity contribution in [3.63, 3.8) is 0 Å². The van der Waals surface area contributed by atoms with E-state index in [1.54, 1.807) is 6.07 Å². The molecule has 0 fully saturated rings. The Hall–Kier alpha value is -1.32. The van der Waals surface area contributed by atoms with E-state index in [1.165, 1.54) is 6.07 Å². The molecular weight excluding hydrogens is 253 g/mol. The lowest BCUT2D eigenvalue weighted by Gasteiger charge is -2.13. The summed E-state index contributed by atoms with van der Waals surface area (Å²) in [4.78, 5) is 11.9. The Morgan fingerprint density at radius 3 is 2.37 bits per heavy atom. The summed E-state index contributed by atoms with van der Waals surface area (Å²) >= 11 is 0. The topological polar surface area (TPSA) is 17.1 Å². The Bertz CT molecular complexity index is 435. The van der Waals surface area contributed by atoms with E-state index in [0.717, 1.165) is 18.6 Å². The minimum atomic E-state index is -4.36. The molecule has 106 valence electrons. The van der Waals surface area contributed by atoms with Gasteiger partial charge < -0.3 is 0 Å². The van der Waals surface area contributed by atoms with Crippen LogP contribution >= 0.6 is 0 Å². The molecule has 0 spiro atoms. The molecule has 0 radical (unpaired) electrons. The summed E-state index contributed by atoms with van der Waals surface area (Å²) in [7, 11) is 0. The van der Waals surface area contributed by atoms with Crippen LogP contribution in [0.4, 0.5) is 13.2 Å². The molecule has 1 aromatic carbocycles. The van der Waals surface area contributed by atoms with Gasteiger partial charge in [0.2, 0.25) is 0 Å². The zero-order valence-corrected chi connectivity index (χ0v) is 11.4. The Morgan fingerprint density at radius 1 is 1.21 bits per heavy atom. The number of alkyl halides is 3. The molecule has 0 amide bonds. The highest BCUT2D eigenvalue weighted by Crippen LogP contribution is 2.29. The molecule has 0 N–H and O–H groups in total. The third-order valence-electron chi connectivity index (χ3n) is 3.01. The Morgan fingerprint density at radius 2 is 1.84 bits per heavy atom. The lowest BCUT2D eigenvalue weighted by Crippen LogP contribution is -2.16. The summed E-state index contributed by atoms with van der Waals surface area (Å²) in [6.07, 6.45) is -3.53. The summed E-state index contributed by atoms with van der Waals surface area (Å²) < 4.78 is 37.7. The second-order valence-electron chi connectivity index (χ2n) is 5.37. The summed E-state index contributed by atoms with van der Waals surface area (Å²) in [6.45, 7) is 5.87. The van der Waals surface area contributed by atoms with Crippen molar-refractivity contribution in [2.45, 2.75) is 39.8 Å². The zero-order chi connectivity index (χ0) is 14.6. The molecule has 19 heavy (non-hydrogen) atoms. The van der Waals surface area contributed by atoms with Crippen LogP contribution in [-0.4, -0.2) is 5.78 Å². The van der Waals surface area contributed by atoms with Gasteiger partial charge in [0.15, 0.2) is 0 Å². The monoisotopic (exact) mass is 272 g/mol. The summed E-state index contributed by atoms with van der Waals surface area (Å²) in [5, 5.41) is 0. The highest BCUT2D eigenvalue weighted by Gasteiger charge is 2.30. The Labute approximate surface area is 111 Å². The van der Waals surface area contributed by atoms with Gasteiger partial charge >= 0.3 is 6.18 Å². The molecule has 4 heteroatoms. The Kier molecular flexibility index (Phi) is 5.15. The van der Waals surface area contributed by atoms with Crippen LogP contribution in [0.25, 0.3) is 0 Å². The molecule has 1 atom stereocenters. The van der Waals surface area contributed by atoms with E-state index in [-0.39, 0.29) is 18.1 Å². The van der Waals surface area contributed by atoms with E-state index in [0.29, 0.717) is 11.5 Å². The SMILES string of the molecule is CC(C)CC(C)C(=O)Cc1cccc(C(F)(F)F)c1. The van der Waals surface area contributed by atoms with Crippen molar-refractivity contribution in [1.82, 2.24) is 0 Å². The minimum absolute atomic E-state index is 0.00646. The molecule has 1 nitrogen and oxygen atoms in total. The number of Topliss-reactive ketones (excluding diaryl/α,β-unsaturated/α-hetero) is 1. The van der Waals surface area contributed by atoms with E-state index in [4.69, 9.17) is 0 Å². The standard InChI is InChI=1S/C15H19F3O/c1-10(2)7-11(3)14(19)9-12-5-4-6-13(8-12)15(16,17)18/h4-6,8,10-11H,7,9H2,1-3H3. The predicted octanol–water partition coefficient (Wildman–Crippen LogP) is 4.50. The quantitative estimate of drug-likeness (QED) is 0.771. The van der Waals surface area contributed by atoms with Crippen molar-refractivity contribution in [3.05, 3.63) is 35.4 Å². The van der Waals surface area contributed by atoms with Crippen LogP contribution in [0.2, 0.25) is 0 Å². The van der Waals surface area contributed by atoms with Gasteiger partial charge in [-0.25, -0.2) is 0 Å². The predicted molar refractivity (Wildman–Crippen MR) is 68.8 cm³/mol. The molecule has 1 aromatic rings. The van der Waals surface area contributed by atoms with Crippen LogP contribution in [0.15, 0.2) is 24.3 Å². The van der Waals surface area contributed by atoms with Crippen LogP contribution in [-0.2, 0) is 17.4 Å². The number of hydrogen-bond donors (Lipinski definition) is 0. The molecule has 0 aromatic heterocycles. The summed E-state index contributed by atoms with van der Waals surface area (Å²) in [5.41, 5.74) is -0.273. The number of benzene rings is 1. The molecule has 0 bridgehead atoms. The minimum Gasteiger partial charge on any atom is -0.299 e. The highest BCUT2D eigenvalue weighted by atomic mass is 19.4. The summed E-state index contributed by atoms with van der Waals surface area (Å²) in [5.74, 6) is 0.281. The van der Waals surface area contributed by atoms with Crippen molar-refractivity contribution in [2.24, 2.45) is 11.8 Å². The van der Waals surface area contributed by atoms with Crippen molar-refractivity contribution >= 4 is 5.78 Å². The van der Waals surface area contributed by atoms with Crippen molar-refractivity contribution in [2.75, 3.05) is 0 Å². The largest absolute Gasteiger partial charge is 0.416 e. The van der Waals surface area contributed by atoms with Crippen molar-refractivity contribution < 1.29 is 18.0 Å². The first-order valence-corrected chi connectivity index (χ1v) is 6.39. The van der Waals surface area contributed by atoms with Crippen LogP contribution in [0.1, 0.15) is 38.3 Å². The van der Waals surface area contributed by atoms with Gasteiger partial charge in [-0.15, -0.1) is 0 Å². The van der Waals surface area contributed by atoms with Gasteiger partial charge in [-0.1, -0.05) is 39.0 Å². The number of rotatable bonds is 5. The fourth-order valence-electron chi connectivity index (χ4n) is 2.07. The first-order valence-electron chi connectivity index (χ1n) is 6.39. The molecule has 0 saturated heterocycles. The smallest absolute Gasteiger partial charge is 0.299 e. The maximum Gasteiger partial charge on any atom is 0.416 e. The van der Waals surface area contributed by atoms with Crippen LogP contribution in [0.3, 0.4) is 0 Å². The molecule has 0 aliphatic rings. The third kappa shape index (κ3) is 5.05. The maximum absolute atomic E-state index is 12.6. The number of ketones is 1. The van der Waals surface area contributed by atoms with E-state index >= 15 is 0 Å². The van der Waals surface area contributed by atoms with Crippen molar-refractivity contribution in [1.29, 1.82) is 0 Å². The van der Waals surface area contributed by atoms with Gasteiger partial charge in [0.05, 0.1) is 5.56 Å². The molecule has 0 aliphatic carbocycles.